The summed E-state index contributed by atoms with van der Waals surface area (Å²) < 4.78 is 99.5. The lowest BCUT2D eigenvalue weighted by atomic mass is 9.99. The zero-order valence-corrected chi connectivity index (χ0v) is 21.6. The maximum absolute atomic E-state index is 14.5. The van der Waals surface area contributed by atoms with Crippen molar-refractivity contribution in [2.75, 3.05) is 0 Å². The highest BCUT2D eigenvalue weighted by Gasteiger charge is 2.34. The van der Waals surface area contributed by atoms with Crippen LogP contribution in [0.5, 0.6) is 0 Å². The fourth-order valence-corrected chi connectivity index (χ4v) is 5.01. The van der Waals surface area contributed by atoms with Gasteiger partial charge in [-0.2, -0.15) is 18.3 Å². The zero-order valence-electron chi connectivity index (χ0n) is 20.0. The summed E-state index contributed by atoms with van der Waals surface area (Å²) in [5.41, 5.74) is 0.322. The molecule has 0 aliphatic rings. The molecule has 0 N–H and O–H groups in total. The summed E-state index contributed by atoms with van der Waals surface area (Å²) in [5.74, 6) is -3.85. The third-order valence-electron chi connectivity index (χ3n) is 6.38. The maximum Gasteiger partial charge on any atom is 0.418 e. The lowest BCUT2D eigenvalue weighted by Gasteiger charge is -2.12. The van der Waals surface area contributed by atoms with Gasteiger partial charge in [0.25, 0.3) is 0 Å². The van der Waals surface area contributed by atoms with Crippen molar-refractivity contribution in [1.82, 2.24) is 9.78 Å². The summed E-state index contributed by atoms with van der Waals surface area (Å²) in [4.78, 5) is 0. The Bertz CT molecular complexity index is 1670. The maximum atomic E-state index is 14.5. The van der Waals surface area contributed by atoms with Crippen molar-refractivity contribution in [3.8, 4) is 11.3 Å². The Hall–Kier alpha value is -3.66. The second kappa shape index (κ2) is 10.5. The fraction of sp³-hybridized carbons (Fsp3) is 0.138. The molecule has 0 fully saturated rings. The van der Waals surface area contributed by atoms with Crippen molar-refractivity contribution in [2.45, 2.75) is 25.6 Å². The number of aromatic nitrogens is 2. The summed E-state index contributed by atoms with van der Waals surface area (Å²) in [5, 5.41) is 4.26. The van der Waals surface area contributed by atoms with E-state index in [0.717, 1.165) is 26.3 Å². The number of halogens is 8. The van der Waals surface area contributed by atoms with E-state index >= 15 is 0 Å². The Morgan fingerprint density at radius 3 is 2.21 bits per heavy atom. The van der Waals surface area contributed by atoms with Crippen molar-refractivity contribution < 1.29 is 30.7 Å². The highest BCUT2D eigenvalue weighted by atomic mass is 79.9. The fourth-order valence-electron chi connectivity index (χ4n) is 4.56. The van der Waals surface area contributed by atoms with E-state index in [-0.39, 0.29) is 22.4 Å². The Morgan fingerprint density at radius 1 is 0.769 bits per heavy atom. The Labute approximate surface area is 226 Å². The topological polar surface area (TPSA) is 17.8 Å². The van der Waals surface area contributed by atoms with E-state index in [0.29, 0.717) is 30.5 Å². The van der Waals surface area contributed by atoms with Crippen LogP contribution in [0.1, 0.15) is 22.3 Å². The molecule has 4 aromatic carbocycles. The van der Waals surface area contributed by atoms with Gasteiger partial charge in [-0.1, -0.05) is 46.3 Å². The first kappa shape index (κ1) is 26.9. The van der Waals surface area contributed by atoms with E-state index in [4.69, 9.17) is 0 Å². The summed E-state index contributed by atoms with van der Waals surface area (Å²) in [6.07, 6.45) is -3.76. The van der Waals surface area contributed by atoms with Crippen LogP contribution in [0.3, 0.4) is 0 Å². The van der Waals surface area contributed by atoms with Crippen molar-refractivity contribution in [2.24, 2.45) is 0 Å². The van der Waals surface area contributed by atoms with Gasteiger partial charge >= 0.3 is 6.18 Å². The van der Waals surface area contributed by atoms with Crippen LogP contribution in [0.15, 0.2) is 77.3 Å². The second-order valence-electron chi connectivity index (χ2n) is 8.99. The van der Waals surface area contributed by atoms with Gasteiger partial charge in [0, 0.05) is 33.1 Å². The minimum Gasteiger partial charge on any atom is -0.259 e. The zero-order chi connectivity index (χ0) is 27.9. The lowest BCUT2D eigenvalue weighted by molar-refractivity contribution is -0.136. The lowest BCUT2D eigenvalue weighted by Crippen LogP contribution is -2.09. The Balaban J connectivity index is 1.62. The minimum absolute atomic E-state index is 0.137. The van der Waals surface area contributed by atoms with Crippen LogP contribution in [0.4, 0.5) is 30.7 Å². The molecule has 5 aromatic rings. The molecule has 0 saturated heterocycles. The summed E-state index contributed by atoms with van der Waals surface area (Å²) in [7, 11) is 0. The van der Waals surface area contributed by atoms with Crippen LogP contribution in [0.2, 0.25) is 0 Å². The Kier molecular flexibility index (Phi) is 7.24. The number of rotatable bonds is 6. The van der Waals surface area contributed by atoms with Crippen LogP contribution in [0.25, 0.3) is 22.2 Å². The highest BCUT2D eigenvalue weighted by molar-refractivity contribution is 9.10. The van der Waals surface area contributed by atoms with E-state index in [1.54, 1.807) is 24.3 Å². The number of aryl methyl sites for hydroxylation is 2. The van der Waals surface area contributed by atoms with E-state index in [9.17, 15) is 30.7 Å². The van der Waals surface area contributed by atoms with Crippen molar-refractivity contribution in [3.63, 3.8) is 0 Å². The number of hydrogen-bond donors (Lipinski definition) is 0. The molecule has 0 unspecified atom stereocenters. The first-order valence-corrected chi connectivity index (χ1v) is 12.5. The number of benzene rings is 4. The predicted octanol–water partition coefficient (Wildman–Crippen LogP) is 8.87. The van der Waals surface area contributed by atoms with Crippen molar-refractivity contribution in [3.05, 3.63) is 123 Å². The number of fused-ring (bicyclic) bond motifs is 1. The van der Waals surface area contributed by atoms with Gasteiger partial charge in [0.15, 0.2) is 0 Å². The molecule has 0 aliphatic carbocycles. The van der Waals surface area contributed by atoms with Gasteiger partial charge < -0.3 is 0 Å². The molecule has 1 heterocycles. The SMILES string of the molecule is Fc1cc(F)c(Cn2nc3c(C(F)(F)F)cccc3c2-c2cccc(CCc3cc(F)ccc3Br)c2)c(F)c1. The van der Waals surface area contributed by atoms with Gasteiger partial charge in [0.2, 0.25) is 0 Å². The molecule has 5 rings (SSSR count). The molecule has 200 valence electrons. The normalized spacial score (nSPS) is 11.9. The third-order valence-corrected chi connectivity index (χ3v) is 7.15. The van der Waals surface area contributed by atoms with Crippen LogP contribution in [0, 0.1) is 23.3 Å². The van der Waals surface area contributed by atoms with Gasteiger partial charge in [-0.25, -0.2) is 17.6 Å². The monoisotopic (exact) mass is 606 g/mol. The van der Waals surface area contributed by atoms with Crippen LogP contribution >= 0.6 is 15.9 Å². The molecule has 0 bridgehead atoms. The molecule has 10 heteroatoms. The second-order valence-corrected chi connectivity index (χ2v) is 9.84. The van der Waals surface area contributed by atoms with Gasteiger partial charge in [0.05, 0.1) is 17.8 Å². The molecule has 0 atom stereocenters. The summed E-state index contributed by atoms with van der Waals surface area (Å²) in [6, 6.07) is 15.9. The minimum atomic E-state index is -4.72. The summed E-state index contributed by atoms with van der Waals surface area (Å²) >= 11 is 3.40. The molecule has 0 spiro atoms. The van der Waals surface area contributed by atoms with E-state index < -0.39 is 41.3 Å². The number of alkyl halides is 3. The van der Waals surface area contributed by atoms with Gasteiger partial charge in [0.1, 0.15) is 28.8 Å². The molecular formula is C29H18BrF7N2. The van der Waals surface area contributed by atoms with E-state index in [2.05, 4.69) is 21.0 Å². The van der Waals surface area contributed by atoms with E-state index in [1.807, 2.05) is 6.07 Å². The molecule has 2 nitrogen and oxygen atoms in total. The number of nitrogens with zero attached hydrogens (tertiary/aromatic N) is 2. The standard InChI is InChI=1S/C29H18BrF7N2/c30-24-10-9-19(31)12-17(24)8-7-16-3-1-4-18(11-16)28-21-5-2-6-23(29(35,36)37)27(21)38-39(28)15-22-25(33)13-20(32)14-26(22)34/h1-6,9-14H,7-8,15H2. The molecule has 0 amide bonds. The first-order valence-electron chi connectivity index (χ1n) is 11.7. The largest absolute Gasteiger partial charge is 0.418 e. The van der Waals surface area contributed by atoms with Crippen LogP contribution in [-0.2, 0) is 25.6 Å². The first-order chi connectivity index (χ1) is 18.5. The van der Waals surface area contributed by atoms with Crippen LogP contribution < -0.4 is 0 Å². The average Bonchev–Trinajstić information content (AvgIpc) is 3.24. The predicted molar refractivity (Wildman–Crippen MR) is 137 cm³/mol. The highest BCUT2D eigenvalue weighted by Crippen LogP contribution is 2.38. The van der Waals surface area contributed by atoms with Gasteiger partial charge in [-0.3, -0.25) is 4.68 Å². The van der Waals surface area contributed by atoms with Gasteiger partial charge in [-0.05, 0) is 54.3 Å². The molecular weight excluding hydrogens is 589 g/mol. The summed E-state index contributed by atoms with van der Waals surface area (Å²) in [6.45, 7) is -0.570. The molecule has 0 radical (unpaired) electrons. The molecule has 1 aromatic heterocycles. The van der Waals surface area contributed by atoms with Crippen LogP contribution in [-0.4, -0.2) is 9.78 Å². The molecule has 0 saturated carbocycles. The Morgan fingerprint density at radius 2 is 1.49 bits per heavy atom. The molecule has 39 heavy (non-hydrogen) atoms. The average molecular weight is 607 g/mol. The third kappa shape index (κ3) is 5.56. The van der Waals surface area contributed by atoms with Gasteiger partial charge in [-0.15, -0.1) is 0 Å². The van der Waals surface area contributed by atoms with Crippen molar-refractivity contribution in [1.29, 1.82) is 0 Å². The smallest absolute Gasteiger partial charge is 0.259 e. The van der Waals surface area contributed by atoms with E-state index in [1.165, 1.54) is 24.3 Å². The number of hydrogen-bond acceptors (Lipinski definition) is 1. The van der Waals surface area contributed by atoms with Crippen molar-refractivity contribution >= 4 is 26.8 Å². The molecule has 0 aliphatic heterocycles. The quantitative estimate of drug-likeness (QED) is 0.176.